The molecule has 3 aliphatic rings. The van der Waals surface area contributed by atoms with E-state index in [2.05, 4.69) is 15.6 Å². The minimum absolute atomic E-state index is 0. The number of aliphatic imine (C=N–C) groups is 1. The van der Waals surface area contributed by atoms with Gasteiger partial charge in [-0.25, -0.2) is 0 Å². The van der Waals surface area contributed by atoms with Crippen LogP contribution in [0.5, 0.6) is 0 Å². The Bertz CT molecular complexity index is 436. The first kappa shape index (κ1) is 18.8. The van der Waals surface area contributed by atoms with E-state index in [1.54, 1.807) is 0 Å². The quantitative estimate of drug-likeness (QED) is 0.408. The van der Waals surface area contributed by atoms with Crippen LogP contribution < -0.4 is 10.6 Å². The van der Waals surface area contributed by atoms with Crippen molar-refractivity contribution in [1.29, 1.82) is 0 Å². The zero-order valence-electron chi connectivity index (χ0n) is 14.4. The highest BCUT2D eigenvalue weighted by Gasteiger charge is 2.43. The molecule has 0 radical (unpaired) electrons. The van der Waals surface area contributed by atoms with Crippen LogP contribution in [-0.4, -0.2) is 49.5 Å². The summed E-state index contributed by atoms with van der Waals surface area (Å²) < 4.78 is 0. The summed E-state index contributed by atoms with van der Waals surface area (Å²) in [5.41, 5.74) is 0. The lowest BCUT2D eigenvalue weighted by Crippen LogP contribution is -2.52. The number of hydrogen-bond acceptors (Lipinski definition) is 2. The molecular formula is C17H31IN4O. The van der Waals surface area contributed by atoms with Gasteiger partial charge in [0, 0.05) is 39.1 Å². The summed E-state index contributed by atoms with van der Waals surface area (Å²) in [4.78, 5) is 17.7. The van der Waals surface area contributed by atoms with E-state index < -0.39 is 0 Å². The summed E-state index contributed by atoms with van der Waals surface area (Å²) in [5.74, 6) is 2.95. The molecule has 6 heteroatoms. The number of nitrogens with one attached hydrogen (secondary N) is 2. The number of amides is 1. The summed E-state index contributed by atoms with van der Waals surface area (Å²) in [6.45, 7) is 0.774. The molecule has 1 amide bonds. The molecule has 0 aromatic carbocycles. The highest BCUT2D eigenvalue weighted by molar-refractivity contribution is 14.0. The first-order valence-electron chi connectivity index (χ1n) is 8.91. The standard InChI is InChI=1S/C17H30N4O.HI/c1-18-17(19-13-8-9-16(22)21(2)11-13)20-15-10-14(15)12-6-4-3-5-7-12;/h12-15H,3-11H2,1-2H3,(H2,18,19,20);1H. The van der Waals surface area contributed by atoms with Crippen molar-refractivity contribution in [3.05, 3.63) is 0 Å². The number of likely N-dealkylation sites (N-methyl/N-ethyl adjacent to an activating group) is 1. The molecule has 0 aromatic heterocycles. The van der Waals surface area contributed by atoms with Crippen LogP contribution in [-0.2, 0) is 4.79 Å². The molecule has 1 heterocycles. The monoisotopic (exact) mass is 434 g/mol. The van der Waals surface area contributed by atoms with E-state index in [1.165, 1.54) is 38.5 Å². The first-order valence-corrected chi connectivity index (χ1v) is 8.91. The van der Waals surface area contributed by atoms with Crippen molar-refractivity contribution >= 4 is 35.8 Å². The molecule has 1 aliphatic heterocycles. The molecule has 1 saturated heterocycles. The van der Waals surface area contributed by atoms with Crippen molar-refractivity contribution in [1.82, 2.24) is 15.5 Å². The van der Waals surface area contributed by atoms with Crippen molar-refractivity contribution in [2.24, 2.45) is 16.8 Å². The maximum Gasteiger partial charge on any atom is 0.222 e. The molecule has 132 valence electrons. The van der Waals surface area contributed by atoms with Gasteiger partial charge in [0.1, 0.15) is 0 Å². The van der Waals surface area contributed by atoms with Crippen LogP contribution in [0, 0.1) is 11.8 Å². The van der Waals surface area contributed by atoms with E-state index in [9.17, 15) is 4.79 Å². The van der Waals surface area contributed by atoms with Gasteiger partial charge in [0.25, 0.3) is 0 Å². The van der Waals surface area contributed by atoms with Gasteiger partial charge in [-0.3, -0.25) is 9.79 Å². The van der Waals surface area contributed by atoms with Crippen molar-refractivity contribution < 1.29 is 4.79 Å². The lowest BCUT2D eigenvalue weighted by Gasteiger charge is -2.31. The third-order valence-corrected chi connectivity index (χ3v) is 5.61. The number of hydrogen-bond donors (Lipinski definition) is 2. The van der Waals surface area contributed by atoms with Crippen LogP contribution in [0.4, 0.5) is 0 Å². The molecule has 3 fully saturated rings. The molecule has 5 nitrogen and oxygen atoms in total. The predicted molar refractivity (Wildman–Crippen MR) is 104 cm³/mol. The Morgan fingerprint density at radius 3 is 2.57 bits per heavy atom. The SMILES string of the molecule is CN=C(NC1CCC(=O)N(C)C1)NC1CC1C1CCCCC1.I. The number of rotatable bonds is 3. The van der Waals surface area contributed by atoms with Gasteiger partial charge in [-0.15, -0.1) is 24.0 Å². The number of carbonyl (C=O) groups is 1. The van der Waals surface area contributed by atoms with E-state index in [0.717, 1.165) is 30.8 Å². The molecule has 2 saturated carbocycles. The van der Waals surface area contributed by atoms with E-state index in [1.807, 2.05) is 19.0 Å². The number of halogens is 1. The van der Waals surface area contributed by atoms with Gasteiger partial charge >= 0.3 is 0 Å². The van der Waals surface area contributed by atoms with Crippen molar-refractivity contribution in [2.75, 3.05) is 20.6 Å². The highest BCUT2D eigenvalue weighted by Crippen LogP contribution is 2.44. The Morgan fingerprint density at radius 1 is 1.17 bits per heavy atom. The van der Waals surface area contributed by atoms with Crippen molar-refractivity contribution in [3.8, 4) is 0 Å². The molecule has 3 unspecified atom stereocenters. The summed E-state index contributed by atoms with van der Waals surface area (Å²) >= 11 is 0. The second-order valence-corrected chi connectivity index (χ2v) is 7.27. The Balaban J connectivity index is 0.00000192. The average molecular weight is 434 g/mol. The lowest BCUT2D eigenvalue weighted by atomic mass is 9.85. The number of nitrogens with zero attached hydrogens (tertiary/aromatic N) is 2. The zero-order chi connectivity index (χ0) is 15.5. The van der Waals surface area contributed by atoms with Gasteiger partial charge in [-0.1, -0.05) is 32.1 Å². The number of likely N-dealkylation sites (tertiary alicyclic amines) is 1. The van der Waals surface area contributed by atoms with Crippen LogP contribution in [0.1, 0.15) is 51.4 Å². The fraction of sp³-hybridized carbons (Fsp3) is 0.882. The Hall–Kier alpha value is -0.530. The van der Waals surface area contributed by atoms with Gasteiger partial charge in [0.15, 0.2) is 5.96 Å². The molecule has 3 atom stereocenters. The van der Waals surface area contributed by atoms with Gasteiger partial charge < -0.3 is 15.5 Å². The van der Waals surface area contributed by atoms with E-state index in [4.69, 9.17) is 0 Å². The molecule has 0 aromatic rings. The molecule has 0 bridgehead atoms. The summed E-state index contributed by atoms with van der Waals surface area (Å²) in [6, 6.07) is 0.929. The smallest absolute Gasteiger partial charge is 0.222 e. The fourth-order valence-electron chi connectivity index (χ4n) is 4.13. The predicted octanol–water partition coefficient (Wildman–Crippen LogP) is 2.36. The first-order chi connectivity index (χ1) is 10.7. The normalized spacial score (nSPS) is 32.3. The molecule has 0 spiro atoms. The van der Waals surface area contributed by atoms with Crippen molar-refractivity contribution in [2.45, 2.75) is 63.5 Å². The summed E-state index contributed by atoms with van der Waals surface area (Å²) in [6.07, 6.45) is 9.95. The maximum atomic E-state index is 11.6. The topological polar surface area (TPSA) is 56.7 Å². The lowest BCUT2D eigenvalue weighted by molar-refractivity contribution is -0.132. The van der Waals surface area contributed by atoms with Gasteiger partial charge in [0.05, 0.1) is 0 Å². The minimum Gasteiger partial charge on any atom is -0.353 e. The zero-order valence-corrected chi connectivity index (χ0v) is 16.7. The van der Waals surface area contributed by atoms with E-state index in [0.29, 0.717) is 18.5 Å². The van der Waals surface area contributed by atoms with Crippen LogP contribution >= 0.6 is 24.0 Å². The van der Waals surface area contributed by atoms with E-state index >= 15 is 0 Å². The van der Waals surface area contributed by atoms with Gasteiger partial charge in [-0.05, 0) is 24.7 Å². The van der Waals surface area contributed by atoms with Crippen molar-refractivity contribution in [3.63, 3.8) is 0 Å². The Morgan fingerprint density at radius 2 is 1.91 bits per heavy atom. The molecule has 23 heavy (non-hydrogen) atoms. The fourth-order valence-corrected chi connectivity index (χ4v) is 4.13. The van der Waals surface area contributed by atoms with E-state index in [-0.39, 0.29) is 29.9 Å². The Labute approximate surface area is 157 Å². The summed E-state index contributed by atoms with van der Waals surface area (Å²) in [7, 11) is 3.72. The minimum atomic E-state index is 0. The largest absolute Gasteiger partial charge is 0.353 e. The van der Waals surface area contributed by atoms with Crippen LogP contribution in [0.15, 0.2) is 4.99 Å². The second kappa shape index (κ2) is 8.53. The number of guanidine groups is 1. The third kappa shape index (κ3) is 4.97. The van der Waals surface area contributed by atoms with Crippen LogP contribution in [0.2, 0.25) is 0 Å². The van der Waals surface area contributed by atoms with Gasteiger partial charge in [-0.2, -0.15) is 0 Å². The molecule has 2 N–H and O–H groups in total. The molecule has 3 rings (SSSR count). The third-order valence-electron chi connectivity index (χ3n) is 5.61. The maximum absolute atomic E-state index is 11.6. The van der Waals surface area contributed by atoms with Crippen LogP contribution in [0.3, 0.4) is 0 Å². The van der Waals surface area contributed by atoms with Crippen LogP contribution in [0.25, 0.3) is 0 Å². The molecule has 2 aliphatic carbocycles. The van der Waals surface area contributed by atoms with Gasteiger partial charge in [0.2, 0.25) is 5.91 Å². The number of piperidine rings is 1. The highest BCUT2D eigenvalue weighted by atomic mass is 127. The Kier molecular flexibility index (Phi) is 6.98. The summed E-state index contributed by atoms with van der Waals surface area (Å²) in [5, 5.41) is 7.09. The molecular weight excluding hydrogens is 403 g/mol. The average Bonchev–Trinajstić information content (AvgIpc) is 3.30. The number of carbonyl (C=O) groups excluding carboxylic acids is 1. The second-order valence-electron chi connectivity index (χ2n) is 7.27.